The van der Waals surface area contributed by atoms with Crippen molar-refractivity contribution in [2.45, 2.75) is 0 Å². The van der Waals surface area contributed by atoms with Crippen molar-refractivity contribution in [1.29, 1.82) is 0 Å². The largest absolute Gasteiger partial charge is 0.337 e. The highest BCUT2D eigenvalue weighted by molar-refractivity contribution is 7.08. The second-order valence-electron chi connectivity index (χ2n) is 6.58. The maximum absolute atomic E-state index is 4.88. The number of aromatic amines is 2. The number of pyridine rings is 1. The van der Waals surface area contributed by atoms with Crippen LogP contribution < -0.4 is 0 Å². The summed E-state index contributed by atoms with van der Waals surface area (Å²) in [5.74, 6) is 0.713. The van der Waals surface area contributed by atoms with Gasteiger partial charge in [0.15, 0.2) is 5.82 Å². The Morgan fingerprint density at radius 1 is 0.931 bits per heavy atom. The van der Waals surface area contributed by atoms with Crippen LogP contribution in [0.25, 0.3) is 56.0 Å². The van der Waals surface area contributed by atoms with Gasteiger partial charge in [-0.2, -0.15) is 16.4 Å². The Hall–Kier alpha value is -3.91. The van der Waals surface area contributed by atoms with Crippen LogP contribution in [0.4, 0.5) is 0 Å². The Balaban J connectivity index is 1.53. The first-order valence-corrected chi connectivity index (χ1v) is 9.93. The molecule has 0 amide bonds. The molecule has 8 heteroatoms. The van der Waals surface area contributed by atoms with Gasteiger partial charge in [-0.15, -0.1) is 0 Å². The second-order valence-corrected chi connectivity index (χ2v) is 7.36. The van der Waals surface area contributed by atoms with Crippen molar-refractivity contribution < 1.29 is 0 Å². The van der Waals surface area contributed by atoms with Crippen LogP contribution in [0.3, 0.4) is 0 Å². The van der Waals surface area contributed by atoms with Gasteiger partial charge in [-0.05, 0) is 34.5 Å². The van der Waals surface area contributed by atoms with E-state index in [2.05, 4.69) is 53.0 Å². The molecule has 1 aromatic carbocycles. The number of rotatable bonds is 3. The summed E-state index contributed by atoms with van der Waals surface area (Å²) in [5.41, 5.74) is 7.22. The standard InChI is InChI=1S/C21H13N7S/c1-2-13(12-4-7-29-11-12)19-15(3-1)25-21(26-19)20-14-8-16(18-9-22-5-6-23-18)24-10-17(14)27-28-20/h1-11H,(H,25,26)(H,27,28). The smallest absolute Gasteiger partial charge is 0.159 e. The van der Waals surface area contributed by atoms with Gasteiger partial charge in [0.25, 0.3) is 0 Å². The van der Waals surface area contributed by atoms with Crippen molar-refractivity contribution in [1.82, 2.24) is 35.1 Å². The van der Waals surface area contributed by atoms with Crippen LogP contribution in [0.15, 0.2) is 65.9 Å². The number of hydrogen-bond donors (Lipinski definition) is 2. The van der Waals surface area contributed by atoms with Gasteiger partial charge in [0, 0.05) is 23.3 Å². The molecule has 0 atom stereocenters. The summed E-state index contributed by atoms with van der Waals surface area (Å²) in [4.78, 5) is 21.2. The van der Waals surface area contributed by atoms with Crippen LogP contribution in [-0.2, 0) is 0 Å². The van der Waals surface area contributed by atoms with Gasteiger partial charge in [0.1, 0.15) is 11.4 Å². The summed E-state index contributed by atoms with van der Waals surface area (Å²) >= 11 is 1.68. The van der Waals surface area contributed by atoms with E-state index in [0.717, 1.165) is 38.9 Å². The molecular weight excluding hydrogens is 382 g/mol. The summed E-state index contributed by atoms with van der Waals surface area (Å²) in [5, 5.41) is 12.7. The Bertz CT molecular complexity index is 1450. The number of nitrogens with one attached hydrogen (secondary N) is 2. The molecule has 6 aromatic rings. The molecule has 138 valence electrons. The van der Waals surface area contributed by atoms with E-state index >= 15 is 0 Å². The van der Waals surface area contributed by atoms with Crippen molar-refractivity contribution in [2.75, 3.05) is 0 Å². The Kier molecular flexibility index (Phi) is 3.50. The number of aromatic nitrogens is 7. The number of hydrogen-bond acceptors (Lipinski definition) is 6. The van der Waals surface area contributed by atoms with E-state index in [4.69, 9.17) is 4.98 Å². The van der Waals surface area contributed by atoms with Crippen molar-refractivity contribution in [3.8, 4) is 34.0 Å². The lowest BCUT2D eigenvalue weighted by Gasteiger charge is -1.99. The molecule has 2 N–H and O–H groups in total. The van der Waals surface area contributed by atoms with Crippen LogP contribution in [0.2, 0.25) is 0 Å². The van der Waals surface area contributed by atoms with E-state index in [1.54, 1.807) is 36.1 Å². The highest BCUT2D eigenvalue weighted by atomic mass is 32.1. The Morgan fingerprint density at radius 2 is 1.93 bits per heavy atom. The molecule has 0 saturated heterocycles. The first kappa shape index (κ1) is 16.1. The average Bonchev–Trinajstić information content (AvgIpc) is 3.52. The lowest BCUT2D eigenvalue weighted by atomic mass is 10.1. The molecule has 0 aliphatic carbocycles. The van der Waals surface area contributed by atoms with Gasteiger partial charge in [0.05, 0.1) is 34.6 Å². The Labute approximate surface area is 168 Å². The third kappa shape index (κ3) is 2.61. The lowest BCUT2D eigenvalue weighted by Crippen LogP contribution is -1.88. The van der Waals surface area contributed by atoms with Gasteiger partial charge in [-0.3, -0.25) is 20.1 Å². The minimum atomic E-state index is 0.713. The average molecular weight is 395 g/mol. The van der Waals surface area contributed by atoms with E-state index in [0.29, 0.717) is 11.5 Å². The predicted octanol–water partition coefficient (Wildman–Crippen LogP) is 4.69. The number of thiophene rings is 1. The SMILES string of the molecule is c1cc(-c2ccsc2)c2nc(-c3n[nH]c4cnc(-c5cnccn5)cc34)[nH]c2c1. The van der Waals surface area contributed by atoms with E-state index in [-0.39, 0.29) is 0 Å². The van der Waals surface area contributed by atoms with Crippen LogP contribution in [0.1, 0.15) is 0 Å². The number of imidazole rings is 1. The minimum absolute atomic E-state index is 0.713. The highest BCUT2D eigenvalue weighted by Gasteiger charge is 2.16. The molecule has 5 aromatic heterocycles. The van der Waals surface area contributed by atoms with Crippen molar-refractivity contribution in [2.24, 2.45) is 0 Å². The molecule has 0 fully saturated rings. The second kappa shape index (κ2) is 6.32. The molecule has 0 radical (unpaired) electrons. The fourth-order valence-electron chi connectivity index (χ4n) is 3.46. The van der Waals surface area contributed by atoms with Crippen LogP contribution >= 0.6 is 11.3 Å². The van der Waals surface area contributed by atoms with E-state index in [9.17, 15) is 0 Å². The maximum Gasteiger partial charge on any atom is 0.159 e. The normalized spacial score (nSPS) is 11.4. The molecule has 7 nitrogen and oxygen atoms in total. The zero-order valence-electron chi connectivity index (χ0n) is 15.0. The molecule has 0 saturated carbocycles. The number of para-hydroxylation sites is 1. The van der Waals surface area contributed by atoms with Crippen LogP contribution in [0.5, 0.6) is 0 Å². The predicted molar refractivity (Wildman–Crippen MR) is 113 cm³/mol. The van der Waals surface area contributed by atoms with E-state index in [1.807, 2.05) is 18.2 Å². The number of benzene rings is 1. The highest BCUT2D eigenvalue weighted by Crippen LogP contribution is 2.32. The maximum atomic E-state index is 4.88. The summed E-state index contributed by atoms with van der Waals surface area (Å²) in [6.45, 7) is 0. The summed E-state index contributed by atoms with van der Waals surface area (Å²) in [7, 11) is 0. The third-order valence-electron chi connectivity index (χ3n) is 4.84. The molecule has 5 heterocycles. The third-order valence-corrected chi connectivity index (χ3v) is 5.53. The summed E-state index contributed by atoms with van der Waals surface area (Å²) < 4.78 is 0. The first-order chi connectivity index (χ1) is 14.4. The van der Waals surface area contributed by atoms with E-state index in [1.165, 1.54) is 5.56 Å². The monoisotopic (exact) mass is 395 g/mol. The Morgan fingerprint density at radius 3 is 2.79 bits per heavy atom. The molecule has 0 aliphatic rings. The fraction of sp³-hybridized carbons (Fsp3) is 0. The topological polar surface area (TPSA) is 96.0 Å². The van der Waals surface area contributed by atoms with Gasteiger partial charge in [-0.25, -0.2) is 4.98 Å². The fourth-order valence-corrected chi connectivity index (χ4v) is 4.12. The van der Waals surface area contributed by atoms with Crippen LogP contribution in [-0.4, -0.2) is 35.1 Å². The number of nitrogens with zero attached hydrogens (tertiary/aromatic N) is 5. The molecule has 0 bridgehead atoms. The lowest BCUT2D eigenvalue weighted by molar-refractivity contribution is 1.10. The zero-order chi connectivity index (χ0) is 19.2. The molecule has 0 spiro atoms. The number of H-pyrrole nitrogens is 2. The van der Waals surface area contributed by atoms with Gasteiger partial charge in [0.2, 0.25) is 0 Å². The zero-order valence-corrected chi connectivity index (χ0v) is 15.8. The molecular formula is C21H13N7S. The van der Waals surface area contributed by atoms with Gasteiger partial charge >= 0.3 is 0 Å². The van der Waals surface area contributed by atoms with Crippen molar-refractivity contribution in [3.63, 3.8) is 0 Å². The van der Waals surface area contributed by atoms with Crippen molar-refractivity contribution >= 4 is 33.3 Å². The summed E-state index contributed by atoms with van der Waals surface area (Å²) in [6, 6.07) is 10.2. The molecule has 0 aliphatic heterocycles. The summed E-state index contributed by atoms with van der Waals surface area (Å²) in [6.07, 6.45) is 6.75. The van der Waals surface area contributed by atoms with Crippen LogP contribution in [0, 0.1) is 0 Å². The van der Waals surface area contributed by atoms with E-state index < -0.39 is 0 Å². The van der Waals surface area contributed by atoms with Crippen molar-refractivity contribution in [3.05, 3.63) is 65.9 Å². The molecule has 0 unspecified atom stereocenters. The quantitative estimate of drug-likeness (QED) is 0.453. The molecule has 6 rings (SSSR count). The minimum Gasteiger partial charge on any atom is -0.337 e. The number of fused-ring (bicyclic) bond motifs is 2. The molecule has 29 heavy (non-hydrogen) atoms. The van der Waals surface area contributed by atoms with Gasteiger partial charge < -0.3 is 4.98 Å². The first-order valence-electron chi connectivity index (χ1n) is 8.99. The van der Waals surface area contributed by atoms with Gasteiger partial charge in [-0.1, -0.05) is 12.1 Å².